The minimum Gasteiger partial charge on any atom is -0.478 e. The van der Waals surface area contributed by atoms with Gasteiger partial charge < -0.3 is 15.2 Å². The van der Waals surface area contributed by atoms with Crippen LogP contribution in [-0.2, 0) is 4.74 Å². The molecule has 0 radical (unpaired) electrons. The Morgan fingerprint density at radius 1 is 1.00 bits per heavy atom. The summed E-state index contributed by atoms with van der Waals surface area (Å²) in [7, 11) is 0. The van der Waals surface area contributed by atoms with Crippen LogP contribution in [0.3, 0.4) is 0 Å². The summed E-state index contributed by atoms with van der Waals surface area (Å²) < 4.78 is 18.7. The van der Waals surface area contributed by atoms with E-state index in [4.69, 9.17) is 9.84 Å². The summed E-state index contributed by atoms with van der Waals surface area (Å²) >= 11 is 0. The average molecular weight is 431 g/mol. The molecule has 0 atom stereocenters. The number of fused-ring (bicyclic) bond motifs is 3. The molecule has 0 aromatic heterocycles. The Bertz CT molecular complexity index is 1140. The number of carbonyl (C=O) groups excluding carboxylic acids is 1. The summed E-state index contributed by atoms with van der Waals surface area (Å²) in [6, 6.07) is 19.9. The lowest BCUT2D eigenvalue weighted by Gasteiger charge is -2.14. The lowest BCUT2D eigenvalue weighted by molar-refractivity contribution is 0.0696. The Balaban J connectivity index is 1.29. The summed E-state index contributed by atoms with van der Waals surface area (Å²) in [6.45, 7) is 0.573. The topological polar surface area (TPSA) is 75.6 Å². The molecule has 1 aliphatic carbocycles. The maximum atomic E-state index is 13.2. The molecule has 162 valence electrons. The molecule has 32 heavy (non-hydrogen) atoms. The molecule has 0 heterocycles. The average Bonchev–Trinajstić information content (AvgIpc) is 3.12. The number of rotatable bonds is 7. The van der Waals surface area contributed by atoms with Gasteiger partial charge in [0.15, 0.2) is 0 Å². The van der Waals surface area contributed by atoms with Crippen molar-refractivity contribution in [3.63, 3.8) is 0 Å². The largest absolute Gasteiger partial charge is 0.478 e. The molecule has 0 bridgehead atoms. The van der Waals surface area contributed by atoms with Crippen LogP contribution in [-0.4, -0.2) is 30.3 Å². The highest BCUT2D eigenvalue weighted by Gasteiger charge is 2.28. The van der Waals surface area contributed by atoms with Gasteiger partial charge in [-0.15, -0.1) is 0 Å². The van der Waals surface area contributed by atoms with Crippen LogP contribution in [0.4, 0.5) is 9.18 Å². The number of hydrogen-bond acceptors (Lipinski definition) is 3. The van der Waals surface area contributed by atoms with E-state index in [1.165, 1.54) is 23.3 Å². The third kappa shape index (κ3) is 4.54. The minimum absolute atomic E-state index is 0.000890. The normalized spacial score (nSPS) is 12.4. The quantitative estimate of drug-likeness (QED) is 0.487. The Labute approximate surface area is 185 Å². The van der Waals surface area contributed by atoms with Crippen molar-refractivity contribution in [1.29, 1.82) is 0 Å². The van der Waals surface area contributed by atoms with Crippen LogP contribution in [0.15, 0.2) is 72.8 Å². The Morgan fingerprint density at radius 3 is 2.31 bits per heavy atom. The number of benzene rings is 3. The van der Waals surface area contributed by atoms with E-state index in [0.29, 0.717) is 18.5 Å². The van der Waals surface area contributed by atoms with E-state index in [1.807, 2.05) is 24.3 Å². The van der Waals surface area contributed by atoms with Gasteiger partial charge in [0, 0.05) is 12.5 Å². The van der Waals surface area contributed by atoms with Crippen LogP contribution in [0.5, 0.6) is 0 Å². The van der Waals surface area contributed by atoms with E-state index < -0.39 is 17.9 Å². The first kappa shape index (κ1) is 21.3. The molecular weight excluding hydrogens is 409 g/mol. The first-order chi connectivity index (χ1) is 15.5. The maximum absolute atomic E-state index is 13.2. The van der Waals surface area contributed by atoms with E-state index in [9.17, 15) is 14.0 Å². The molecule has 0 spiro atoms. The lowest BCUT2D eigenvalue weighted by atomic mass is 9.98. The SMILES string of the molecule is O=C(NCCC=Cc1ccc(F)cc1C(=O)O)OCC1c2ccccc2-c2ccccc21. The Kier molecular flexibility index (Phi) is 6.31. The zero-order valence-electron chi connectivity index (χ0n) is 17.3. The zero-order valence-corrected chi connectivity index (χ0v) is 17.3. The van der Waals surface area contributed by atoms with E-state index >= 15 is 0 Å². The molecular formula is C26H22FNO4. The highest BCUT2D eigenvalue weighted by Crippen LogP contribution is 2.44. The van der Waals surface area contributed by atoms with Crippen molar-refractivity contribution in [2.75, 3.05) is 13.2 Å². The number of carboxylic acids is 1. The van der Waals surface area contributed by atoms with Gasteiger partial charge in [-0.1, -0.05) is 66.7 Å². The number of amides is 1. The molecule has 1 aliphatic rings. The van der Waals surface area contributed by atoms with Crippen LogP contribution in [0.25, 0.3) is 17.2 Å². The standard InChI is InChI=1S/C26H22FNO4/c27-18-13-12-17(23(15-18)25(29)30)7-5-6-14-28-26(31)32-16-24-21-10-3-1-8-19(21)20-9-2-4-11-22(20)24/h1-5,7-13,15,24H,6,14,16H2,(H,28,31)(H,29,30). The molecule has 3 aromatic rings. The van der Waals surface area contributed by atoms with Crippen molar-refractivity contribution < 1.29 is 23.8 Å². The first-order valence-corrected chi connectivity index (χ1v) is 10.3. The third-order valence-electron chi connectivity index (χ3n) is 5.47. The van der Waals surface area contributed by atoms with E-state index in [0.717, 1.165) is 17.2 Å². The van der Waals surface area contributed by atoms with Gasteiger partial charge in [-0.3, -0.25) is 0 Å². The van der Waals surface area contributed by atoms with Crippen molar-refractivity contribution in [3.05, 3.63) is 101 Å². The summed E-state index contributed by atoms with van der Waals surface area (Å²) in [4.78, 5) is 23.4. The molecule has 4 rings (SSSR count). The number of ether oxygens (including phenoxy) is 1. The van der Waals surface area contributed by atoms with Gasteiger partial charge in [0.1, 0.15) is 12.4 Å². The number of alkyl carbamates (subject to hydrolysis) is 1. The predicted molar refractivity (Wildman–Crippen MR) is 120 cm³/mol. The Morgan fingerprint density at radius 2 is 1.66 bits per heavy atom. The van der Waals surface area contributed by atoms with Crippen LogP contribution in [0, 0.1) is 5.82 Å². The second kappa shape index (κ2) is 9.47. The fraction of sp³-hybridized carbons (Fsp3) is 0.154. The number of aromatic carboxylic acids is 1. The first-order valence-electron chi connectivity index (χ1n) is 10.3. The van der Waals surface area contributed by atoms with E-state index in [2.05, 4.69) is 29.6 Å². The molecule has 2 N–H and O–H groups in total. The van der Waals surface area contributed by atoms with E-state index in [-0.39, 0.29) is 18.1 Å². The molecule has 5 nitrogen and oxygen atoms in total. The highest BCUT2D eigenvalue weighted by atomic mass is 19.1. The molecule has 0 saturated carbocycles. The van der Waals surface area contributed by atoms with Gasteiger partial charge in [0.2, 0.25) is 0 Å². The van der Waals surface area contributed by atoms with Crippen molar-refractivity contribution in [1.82, 2.24) is 5.32 Å². The van der Waals surface area contributed by atoms with Crippen LogP contribution in [0.2, 0.25) is 0 Å². The summed E-state index contributed by atoms with van der Waals surface area (Å²) in [5.74, 6) is -1.79. The molecule has 6 heteroatoms. The number of hydrogen-bond donors (Lipinski definition) is 2. The fourth-order valence-corrected chi connectivity index (χ4v) is 3.98. The maximum Gasteiger partial charge on any atom is 0.407 e. The van der Waals surface area contributed by atoms with Crippen LogP contribution >= 0.6 is 0 Å². The van der Waals surface area contributed by atoms with Crippen molar-refractivity contribution in [3.8, 4) is 11.1 Å². The molecule has 1 amide bonds. The van der Waals surface area contributed by atoms with Gasteiger partial charge in [0.25, 0.3) is 0 Å². The molecule has 3 aromatic carbocycles. The summed E-state index contributed by atoms with van der Waals surface area (Å²) in [5.41, 5.74) is 4.94. The third-order valence-corrected chi connectivity index (χ3v) is 5.47. The second-order valence-corrected chi connectivity index (χ2v) is 7.48. The lowest BCUT2D eigenvalue weighted by Crippen LogP contribution is -2.26. The monoisotopic (exact) mass is 431 g/mol. The van der Waals surface area contributed by atoms with Gasteiger partial charge >= 0.3 is 12.1 Å². The molecule has 0 saturated heterocycles. The number of halogens is 1. The van der Waals surface area contributed by atoms with Gasteiger partial charge in [-0.25, -0.2) is 14.0 Å². The van der Waals surface area contributed by atoms with Crippen LogP contribution < -0.4 is 5.32 Å². The molecule has 0 unspecified atom stereocenters. The number of carboxylic acid groups (broad SMARTS) is 1. The van der Waals surface area contributed by atoms with Gasteiger partial charge in [0.05, 0.1) is 5.56 Å². The van der Waals surface area contributed by atoms with Crippen LogP contribution in [0.1, 0.15) is 39.4 Å². The summed E-state index contributed by atoms with van der Waals surface area (Å²) in [5, 5.41) is 11.9. The number of carbonyl (C=O) groups is 2. The van der Waals surface area contributed by atoms with E-state index in [1.54, 1.807) is 12.2 Å². The van der Waals surface area contributed by atoms with Crippen molar-refractivity contribution in [2.45, 2.75) is 12.3 Å². The summed E-state index contributed by atoms with van der Waals surface area (Å²) in [6.07, 6.45) is 3.29. The Hall–Kier alpha value is -3.93. The molecule has 0 aliphatic heterocycles. The van der Waals surface area contributed by atoms with Crippen molar-refractivity contribution in [2.24, 2.45) is 0 Å². The minimum atomic E-state index is -1.19. The van der Waals surface area contributed by atoms with Gasteiger partial charge in [-0.2, -0.15) is 0 Å². The predicted octanol–water partition coefficient (Wildman–Crippen LogP) is 5.47. The van der Waals surface area contributed by atoms with Gasteiger partial charge in [-0.05, 0) is 46.4 Å². The fourth-order valence-electron chi connectivity index (χ4n) is 3.98. The number of nitrogens with one attached hydrogen (secondary N) is 1. The van der Waals surface area contributed by atoms with Crippen molar-refractivity contribution >= 4 is 18.1 Å². The second-order valence-electron chi connectivity index (χ2n) is 7.48. The highest BCUT2D eigenvalue weighted by molar-refractivity contribution is 5.92. The smallest absolute Gasteiger partial charge is 0.407 e. The molecule has 0 fully saturated rings. The zero-order chi connectivity index (χ0) is 22.5.